The first-order chi connectivity index (χ1) is 12.8. The molecule has 1 aromatic rings. The van der Waals surface area contributed by atoms with Gasteiger partial charge in [0, 0.05) is 39.3 Å². The maximum atomic E-state index is 12.3. The number of rotatable bonds is 6. The molecular weight excluding hydrogens is 378 g/mol. The Labute approximate surface area is 160 Å². The van der Waals surface area contributed by atoms with Gasteiger partial charge in [-0.25, -0.2) is 0 Å². The number of hydrogen-bond donors (Lipinski definition) is 0. The molecule has 0 radical (unpaired) electrons. The van der Waals surface area contributed by atoms with E-state index in [1.807, 2.05) is 0 Å². The lowest BCUT2D eigenvalue weighted by Crippen LogP contribution is -2.27. The van der Waals surface area contributed by atoms with Crippen molar-refractivity contribution in [2.24, 2.45) is 17.8 Å². The van der Waals surface area contributed by atoms with E-state index in [1.165, 1.54) is 0 Å². The largest absolute Gasteiger partial charge is 0.467 e. The van der Waals surface area contributed by atoms with Crippen LogP contribution in [0.25, 0.3) is 0 Å². The summed E-state index contributed by atoms with van der Waals surface area (Å²) in [6, 6.07) is 3.37. The maximum Gasteiger partial charge on any atom is 0.306 e. The van der Waals surface area contributed by atoms with E-state index >= 15 is 0 Å². The minimum atomic E-state index is -0.671. The fraction of sp³-hybridized carbons (Fsp3) is 0.556. The Morgan fingerprint density at radius 1 is 1.44 bits per heavy atom. The fourth-order valence-electron chi connectivity index (χ4n) is 3.76. The van der Waals surface area contributed by atoms with Crippen molar-refractivity contribution in [2.75, 3.05) is 13.3 Å². The van der Waals surface area contributed by atoms with Gasteiger partial charge in [0.2, 0.25) is 6.54 Å². The lowest BCUT2D eigenvalue weighted by Gasteiger charge is -2.21. The topological polar surface area (TPSA) is 105 Å². The van der Waals surface area contributed by atoms with Gasteiger partial charge in [0.05, 0.1) is 13.0 Å². The molecule has 1 aromatic carbocycles. The second-order valence-corrected chi connectivity index (χ2v) is 7.40. The van der Waals surface area contributed by atoms with E-state index in [2.05, 4.69) is 0 Å². The highest BCUT2D eigenvalue weighted by Crippen LogP contribution is 2.37. The summed E-state index contributed by atoms with van der Waals surface area (Å²) >= 11 is 6.08. The Bertz CT molecular complexity index is 766. The SMILES string of the molecule is C[C@H]1CC(=O)[C@@H](CC(=O)OCc2cc(Cl)cc3c2OCOC3)[C@@H]1C[N+](=O)[O-]. The molecule has 1 heterocycles. The Morgan fingerprint density at radius 2 is 2.22 bits per heavy atom. The van der Waals surface area contributed by atoms with Crippen LogP contribution in [0.15, 0.2) is 12.1 Å². The number of nitro groups is 1. The van der Waals surface area contributed by atoms with Crippen molar-refractivity contribution in [3.63, 3.8) is 0 Å². The molecule has 3 atom stereocenters. The molecule has 0 N–H and O–H groups in total. The van der Waals surface area contributed by atoms with Crippen LogP contribution in [-0.4, -0.2) is 30.0 Å². The van der Waals surface area contributed by atoms with E-state index in [0.29, 0.717) is 22.9 Å². The molecule has 0 bridgehead atoms. The molecule has 8 nitrogen and oxygen atoms in total. The van der Waals surface area contributed by atoms with Gasteiger partial charge in [0.1, 0.15) is 18.1 Å². The van der Waals surface area contributed by atoms with Crippen LogP contribution in [0.5, 0.6) is 5.75 Å². The summed E-state index contributed by atoms with van der Waals surface area (Å²) < 4.78 is 16.0. The van der Waals surface area contributed by atoms with Gasteiger partial charge >= 0.3 is 5.97 Å². The number of carbonyl (C=O) groups excluding carboxylic acids is 2. The van der Waals surface area contributed by atoms with Crippen molar-refractivity contribution in [1.82, 2.24) is 0 Å². The van der Waals surface area contributed by atoms with Gasteiger partial charge < -0.3 is 14.2 Å². The van der Waals surface area contributed by atoms with E-state index in [-0.39, 0.29) is 44.5 Å². The quantitative estimate of drug-likeness (QED) is 0.412. The van der Waals surface area contributed by atoms with Crippen LogP contribution in [0.3, 0.4) is 0 Å². The predicted molar refractivity (Wildman–Crippen MR) is 93.8 cm³/mol. The number of nitrogens with zero attached hydrogens (tertiary/aromatic N) is 1. The molecule has 1 aliphatic heterocycles. The van der Waals surface area contributed by atoms with Crippen molar-refractivity contribution in [2.45, 2.75) is 33.0 Å². The van der Waals surface area contributed by atoms with Gasteiger partial charge in [-0.05, 0) is 18.1 Å². The van der Waals surface area contributed by atoms with E-state index in [0.717, 1.165) is 5.56 Å². The van der Waals surface area contributed by atoms with Crippen LogP contribution in [0.4, 0.5) is 0 Å². The molecule has 0 unspecified atom stereocenters. The molecule has 0 amide bonds. The number of hydrogen-bond acceptors (Lipinski definition) is 7. The van der Waals surface area contributed by atoms with Crippen LogP contribution >= 0.6 is 11.6 Å². The van der Waals surface area contributed by atoms with E-state index in [9.17, 15) is 19.7 Å². The molecule has 1 fully saturated rings. The normalized spacial score (nSPS) is 24.2. The van der Waals surface area contributed by atoms with Crippen LogP contribution < -0.4 is 4.74 Å². The van der Waals surface area contributed by atoms with Crippen molar-refractivity contribution in [3.05, 3.63) is 38.4 Å². The summed E-state index contributed by atoms with van der Waals surface area (Å²) in [5.74, 6) is -1.34. The number of halogens is 1. The Morgan fingerprint density at radius 3 is 2.96 bits per heavy atom. The Balaban J connectivity index is 1.64. The fourth-order valence-corrected chi connectivity index (χ4v) is 4.02. The summed E-state index contributed by atoms with van der Waals surface area (Å²) in [5.41, 5.74) is 1.38. The van der Waals surface area contributed by atoms with Crippen LogP contribution in [0.1, 0.15) is 30.9 Å². The molecule has 9 heteroatoms. The molecule has 0 spiro atoms. The van der Waals surface area contributed by atoms with Crippen LogP contribution in [0.2, 0.25) is 5.02 Å². The molecule has 0 saturated heterocycles. The number of ether oxygens (including phenoxy) is 3. The molecule has 27 heavy (non-hydrogen) atoms. The number of fused-ring (bicyclic) bond motifs is 1. The second kappa shape index (κ2) is 8.22. The third kappa shape index (κ3) is 4.56. The standard InChI is InChI=1S/C18H20ClNO7/c1-10-2-16(21)14(15(10)6-20(23)24)5-17(22)26-8-12-4-13(19)3-11-7-25-9-27-18(11)12/h3-4,10,14-15H,2,5-9H2,1H3/t10-,14-,15+/m0/s1. The molecule has 0 aromatic heterocycles. The minimum Gasteiger partial charge on any atom is -0.467 e. The third-order valence-corrected chi connectivity index (χ3v) is 5.29. The molecule has 1 aliphatic carbocycles. The van der Waals surface area contributed by atoms with Crippen molar-refractivity contribution < 1.29 is 28.7 Å². The first-order valence-electron chi connectivity index (χ1n) is 8.67. The highest BCUT2D eigenvalue weighted by molar-refractivity contribution is 6.30. The summed E-state index contributed by atoms with van der Waals surface area (Å²) in [5, 5.41) is 11.3. The summed E-state index contributed by atoms with van der Waals surface area (Å²) in [6.07, 6.45) is 0.0977. The average Bonchev–Trinajstić information content (AvgIpc) is 2.86. The summed E-state index contributed by atoms with van der Waals surface area (Å²) in [6.45, 7) is 1.88. The first-order valence-corrected chi connectivity index (χ1v) is 9.05. The molecule has 3 rings (SSSR count). The van der Waals surface area contributed by atoms with Gasteiger partial charge in [-0.15, -0.1) is 0 Å². The zero-order valence-corrected chi connectivity index (χ0v) is 15.6. The highest BCUT2D eigenvalue weighted by Gasteiger charge is 2.44. The number of benzene rings is 1. The summed E-state index contributed by atoms with van der Waals surface area (Å²) in [4.78, 5) is 34.8. The number of esters is 1. The molecule has 146 valence electrons. The van der Waals surface area contributed by atoms with Crippen molar-refractivity contribution in [1.29, 1.82) is 0 Å². The Hall–Kier alpha value is -2.19. The lowest BCUT2D eigenvalue weighted by atomic mass is 9.88. The van der Waals surface area contributed by atoms with Gasteiger partial charge in [0.15, 0.2) is 6.79 Å². The molecule has 2 aliphatic rings. The first kappa shape index (κ1) is 19.6. The number of Topliss-reactive ketones (excluding diaryl/α,β-unsaturated/α-hetero) is 1. The number of carbonyl (C=O) groups is 2. The zero-order chi connectivity index (χ0) is 19.6. The van der Waals surface area contributed by atoms with Crippen LogP contribution in [0, 0.1) is 27.9 Å². The third-order valence-electron chi connectivity index (χ3n) is 5.07. The number of ketones is 1. The monoisotopic (exact) mass is 397 g/mol. The average molecular weight is 398 g/mol. The maximum absolute atomic E-state index is 12.3. The predicted octanol–water partition coefficient (Wildman–Crippen LogP) is 2.76. The minimum absolute atomic E-state index is 0.0574. The van der Waals surface area contributed by atoms with E-state index in [4.69, 9.17) is 25.8 Å². The van der Waals surface area contributed by atoms with Gasteiger partial charge in [-0.2, -0.15) is 0 Å². The highest BCUT2D eigenvalue weighted by atomic mass is 35.5. The van der Waals surface area contributed by atoms with Gasteiger partial charge in [0.25, 0.3) is 0 Å². The van der Waals surface area contributed by atoms with E-state index < -0.39 is 22.7 Å². The molecule has 1 saturated carbocycles. The van der Waals surface area contributed by atoms with Crippen molar-refractivity contribution in [3.8, 4) is 5.75 Å². The van der Waals surface area contributed by atoms with E-state index in [1.54, 1.807) is 19.1 Å². The lowest BCUT2D eigenvalue weighted by molar-refractivity contribution is -0.490. The van der Waals surface area contributed by atoms with Crippen LogP contribution in [-0.2, 0) is 32.3 Å². The smallest absolute Gasteiger partial charge is 0.306 e. The summed E-state index contributed by atoms with van der Waals surface area (Å²) in [7, 11) is 0. The molecular formula is C18H20ClNO7. The van der Waals surface area contributed by atoms with Gasteiger partial charge in [-0.1, -0.05) is 18.5 Å². The second-order valence-electron chi connectivity index (χ2n) is 6.96. The van der Waals surface area contributed by atoms with Gasteiger partial charge in [-0.3, -0.25) is 19.7 Å². The zero-order valence-electron chi connectivity index (χ0n) is 14.8. The van der Waals surface area contributed by atoms with Crippen molar-refractivity contribution >= 4 is 23.4 Å². The Kier molecular flexibility index (Phi) is 5.96.